The second kappa shape index (κ2) is 7.08. The van der Waals surface area contributed by atoms with Crippen LogP contribution in [0.3, 0.4) is 0 Å². The van der Waals surface area contributed by atoms with Crippen molar-refractivity contribution in [2.75, 3.05) is 25.9 Å². The van der Waals surface area contributed by atoms with Crippen LogP contribution in [0.2, 0.25) is 0 Å². The van der Waals surface area contributed by atoms with Gasteiger partial charge in [-0.15, -0.1) is 11.3 Å². The van der Waals surface area contributed by atoms with E-state index in [-0.39, 0.29) is 11.8 Å². The Balaban J connectivity index is 1.98. The van der Waals surface area contributed by atoms with Crippen molar-refractivity contribution in [2.24, 2.45) is 5.92 Å². The fourth-order valence-electron chi connectivity index (χ4n) is 2.29. The quantitative estimate of drug-likeness (QED) is 0.752. The molecule has 1 unspecified atom stereocenters. The summed E-state index contributed by atoms with van der Waals surface area (Å²) >= 11 is 8.18. The Bertz CT molecular complexity index is 611. The number of hydrogen-bond acceptors (Lipinski definition) is 4. The van der Waals surface area contributed by atoms with E-state index in [9.17, 15) is 13.2 Å². The van der Waals surface area contributed by atoms with E-state index in [1.807, 2.05) is 11.0 Å². The number of piperidine rings is 1. The Morgan fingerprint density at radius 3 is 2.81 bits per heavy atom. The van der Waals surface area contributed by atoms with Crippen LogP contribution in [0.1, 0.15) is 22.5 Å². The molecule has 9 heteroatoms. The smallest absolute Gasteiger partial charge is 0.264 e. The van der Waals surface area contributed by atoms with E-state index < -0.39 is 10.0 Å². The third kappa shape index (κ3) is 5.02. The topological polar surface area (TPSA) is 66.5 Å². The van der Waals surface area contributed by atoms with Crippen molar-refractivity contribution in [3.8, 4) is 0 Å². The number of nitrogens with one attached hydrogen (secondary N) is 1. The minimum Gasteiger partial charge on any atom is -0.338 e. The number of thiophene rings is 1. The van der Waals surface area contributed by atoms with Crippen LogP contribution in [0.15, 0.2) is 14.3 Å². The molecule has 1 atom stereocenters. The van der Waals surface area contributed by atoms with Crippen molar-refractivity contribution in [2.45, 2.75) is 12.8 Å². The number of carbonyl (C=O) groups excluding carboxylic acids is 1. The highest BCUT2D eigenvalue weighted by atomic mass is 79.9. The van der Waals surface area contributed by atoms with E-state index >= 15 is 0 Å². The third-order valence-electron chi connectivity index (χ3n) is 3.30. The van der Waals surface area contributed by atoms with Gasteiger partial charge in [0.2, 0.25) is 10.0 Å². The SMILES string of the molecule is CS(=O)(=O)NCC1CCCN(C(=O)c2cc(Br)c(Br)s2)C1. The van der Waals surface area contributed by atoms with Crippen LogP contribution < -0.4 is 4.72 Å². The van der Waals surface area contributed by atoms with Gasteiger partial charge in [0.15, 0.2) is 0 Å². The molecule has 118 valence electrons. The van der Waals surface area contributed by atoms with E-state index in [1.54, 1.807) is 0 Å². The van der Waals surface area contributed by atoms with Gasteiger partial charge in [-0.3, -0.25) is 4.79 Å². The fourth-order valence-corrected chi connectivity index (χ4v) is 4.84. The monoisotopic (exact) mass is 458 g/mol. The zero-order valence-electron chi connectivity index (χ0n) is 11.4. The number of sulfonamides is 1. The molecule has 1 aliphatic rings. The number of hydrogen-bond donors (Lipinski definition) is 1. The van der Waals surface area contributed by atoms with Crippen molar-refractivity contribution in [3.05, 3.63) is 19.2 Å². The Hall–Kier alpha value is 0.0400. The molecule has 0 aliphatic carbocycles. The first-order chi connectivity index (χ1) is 9.76. The molecule has 0 bridgehead atoms. The van der Waals surface area contributed by atoms with Crippen LogP contribution in [-0.4, -0.2) is 45.1 Å². The molecule has 1 aromatic rings. The number of likely N-dealkylation sites (tertiary alicyclic amines) is 1. The largest absolute Gasteiger partial charge is 0.338 e. The number of carbonyl (C=O) groups is 1. The van der Waals surface area contributed by atoms with Gasteiger partial charge in [0.25, 0.3) is 5.91 Å². The highest BCUT2D eigenvalue weighted by Crippen LogP contribution is 2.33. The van der Waals surface area contributed by atoms with Crippen molar-refractivity contribution >= 4 is 59.1 Å². The molecule has 2 heterocycles. The second-order valence-electron chi connectivity index (χ2n) is 5.11. The first kappa shape index (κ1) is 17.4. The molecule has 0 spiro atoms. The lowest BCUT2D eigenvalue weighted by Crippen LogP contribution is -2.43. The van der Waals surface area contributed by atoms with Crippen molar-refractivity contribution in [1.82, 2.24) is 9.62 Å². The summed E-state index contributed by atoms with van der Waals surface area (Å²) in [6, 6.07) is 1.81. The lowest BCUT2D eigenvalue weighted by molar-refractivity contribution is 0.0681. The molecule has 0 saturated carbocycles. The Morgan fingerprint density at radius 1 is 1.52 bits per heavy atom. The van der Waals surface area contributed by atoms with Crippen LogP contribution in [-0.2, 0) is 10.0 Å². The molecule has 1 saturated heterocycles. The Labute approximate surface area is 145 Å². The van der Waals surface area contributed by atoms with E-state index in [2.05, 4.69) is 36.6 Å². The predicted molar refractivity (Wildman–Crippen MR) is 91.2 cm³/mol. The van der Waals surface area contributed by atoms with Gasteiger partial charge in [0, 0.05) is 24.1 Å². The molecule has 1 amide bonds. The molecular weight excluding hydrogens is 444 g/mol. The molecule has 1 N–H and O–H groups in total. The first-order valence-corrected chi connectivity index (χ1v) is 10.7. The number of nitrogens with zero attached hydrogens (tertiary/aromatic N) is 1. The second-order valence-corrected chi connectivity index (χ2v) is 10.2. The van der Waals surface area contributed by atoms with Gasteiger partial charge in [0.1, 0.15) is 0 Å². The molecule has 0 aromatic carbocycles. The summed E-state index contributed by atoms with van der Waals surface area (Å²) in [5.41, 5.74) is 0. The Morgan fingerprint density at radius 2 is 2.24 bits per heavy atom. The van der Waals surface area contributed by atoms with Crippen molar-refractivity contribution in [3.63, 3.8) is 0 Å². The summed E-state index contributed by atoms with van der Waals surface area (Å²) in [6.07, 6.45) is 2.99. The zero-order valence-corrected chi connectivity index (χ0v) is 16.2. The maximum atomic E-state index is 12.5. The molecule has 21 heavy (non-hydrogen) atoms. The predicted octanol–water partition coefficient (Wildman–Crippen LogP) is 2.67. The van der Waals surface area contributed by atoms with Gasteiger partial charge in [-0.1, -0.05) is 0 Å². The van der Waals surface area contributed by atoms with Gasteiger partial charge in [0.05, 0.1) is 14.9 Å². The molecule has 5 nitrogen and oxygen atoms in total. The van der Waals surface area contributed by atoms with E-state index in [0.717, 1.165) is 33.9 Å². The lowest BCUT2D eigenvalue weighted by atomic mass is 9.98. The third-order valence-corrected chi connectivity index (χ3v) is 7.23. The van der Waals surface area contributed by atoms with Gasteiger partial charge in [-0.05, 0) is 56.7 Å². The summed E-state index contributed by atoms with van der Waals surface area (Å²) < 4.78 is 26.6. The van der Waals surface area contributed by atoms with Crippen LogP contribution in [0.25, 0.3) is 0 Å². The van der Waals surface area contributed by atoms with E-state index in [4.69, 9.17) is 0 Å². The minimum absolute atomic E-state index is 0.00968. The maximum absolute atomic E-state index is 12.5. The average Bonchev–Trinajstić information content (AvgIpc) is 2.75. The van der Waals surface area contributed by atoms with E-state index in [0.29, 0.717) is 18.0 Å². The summed E-state index contributed by atoms with van der Waals surface area (Å²) in [5.74, 6) is 0.180. The highest BCUT2D eigenvalue weighted by Gasteiger charge is 2.26. The molecule has 1 aromatic heterocycles. The van der Waals surface area contributed by atoms with Gasteiger partial charge >= 0.3 is 0 Å². The molecule has 1 aliphatic heterocycles. The standard InChI is InChI=1S/C12H16Br2N2O3S2/c1-21(18,19)15-6-8-3-2-4-16(7-8)12(17)10-5-9(13)11(14)20-10/h5,8,15H,2-4,6-7H2,1H3. The fraction of sp³-hybridized carbons (Fsp3) is 0.583. The minimum atomic E-state index is -3.18. The van der Waals surface area contributed by atoms with Gasteiger partial charge < -0.3 is 4.90 Å². The number of halogens is 2. The van der Waals surface area contributed by atoms with Crippen molar-refractivity contribution in [1.29, 1.82) is 0 Å². The van der Waals surface area contributed by atoms with Gasteiger partial charge in [-0.2, -0.15) is 0 Å². The highest BCUT2D eigenvalue weighted by molar-refractivity contribution is 9.13. The maximum Gasteiger partial charge on any atom is 0.264 e. The lowest BCUT2D eigenvalue weighted by Gasteiger charge is -2.32. The molecule has 2 rings (SSSR count). The first-order valence-electron chi connectivity index (χ1n) is 6.45. The number of rotatable bonds is 4. The average molecular weight is 460 g/mol. The van der Waals surface area contributed by atoms with Crippen LogP contribution in [0.5, 0.6) is 0 Å². The summed E-state index contributed by atoms with van der Waals surface area (Å²) in [5, 5.41) is 0. The molecule has 0 radical (unpaired) electrons. The zero-order chi connectivity index (χ0) is 15.6. The van der Waals surface area contributed by atoms with Crippen molar-refractivity contribution < 1.29 is 13.2 Å². The van der Waals surface area contributed by atoms with E-state index in [1.165, 1.54) is 11.3 Å². The molecule has 1 fully saturated rings. The summed E-state index contributed by atoms with van der Waals surface area (Å²) in [6.45, 7) is 1.70. The van der Waals surface area contributed by atoms with Crippen LogP contribution >= 0.6 is 43.2 Å². The Kier molecular flexibility index (Phi) is 5.86. The summed E-state index contributed by atoms with van der Waals surface area (Å²) in [4.78, 5) is 15.0. The molecular formula is C12H16Br2N2O3S2. The van der Waals surface area contributed by atoms with Crippen LogP contribution in [0.4, 0.5) is 0 Å². The number of amides is 1. The normalized spacial score (nSPS) is 19.8. The van der Waals surface area contributed by atoms with Gasteiger partial charge in [-0.25, -0.2) is 13.1 Å². The van der Waals surface area contributed by atoms with Crippen LogP contribution in [0, 0.1) is 5.92 Å². The summed E-state index contributed by atoms with van der Waals surface area (Å²) in [7, 11) is -3.18.